The molecule has 0 spiro atoms. The van der Waals surface area contributed by atoms with E-state index in [-0.39, 0.29) is 5.56 Å². The summed E-state index contributed by atoms with van der Waals surface area (Å²) in [7, 11) is 0. The second-order valence-electron chi connectivity index (χ2n) is 3.46. The lowest BCUT2D eigenvalue weighted by Gasteiger charge is -2.03. The van der Waals surface area contributed by atoms with Crippen LogP contribution in [0, 0.1) is 0 Å². The summed E-state index contributed by atoms with van der Waals surface area (Å²) in [6.45, 7) is 5.86. The van der Waals surface area contributed by atoms with Crippen molar-refractivity contribution in [1.29, 1.82) is 0 Å². The van der Waals surface area contributed by atoms with Crippen molar-refractivity contribution in [3.8, 4) is 0 Å². The highest BCUT2D eigenvalue weighted by Crippen LogP contribution is 2.15. The van der Waals surface area contributed by atoms with Gasteiger partial charge in [-0.25, -0.2) is 4.98 Å². The molecule has 1 heterocycles. The summed E-state index contributed by atoms with van der Waals surface area (Å²) in [5.41, 5.74) is 1.66. The number of aryl methyl sites for hydroxylation is 1. The molecule has 0 atom stereocenters. The predicted molar refractivity (Wildman–Crippen MR) is 69.4 cm³/mol. The van der Waals surface area contributed by atoms with Gasteiger partial charge in [0.05, 0.1) is 0 Å². The Hall–Kier alpha value is -0.740. The van der Waals surface area contributed by atoms with Gasteiger partial charge >= 0.3 is 0 Å². The molecule has 3 nitrogen and oxygen atoms in total. The Morgan fingerprint density at radius 3 is 3.06 bits per heavy atom. The number of nitrogens with zero attached hydrogens (tertiary/aromatic N) is 1. The normalized spacial score (nSPS) is 10.4. The second kappa shape index (κ2) is 6.76. The molecule has 0 aromatic carbocycles. The van der Waals surface area contributed by atoms with Gasteiger partial charge in [-0.1, -0.05) is 37.3 Å². The maximum Gasteiger partial charge on any atom is 0.251 e. The van der Waals surface area contributed by atoms with Gasteiger partial charge in [-0.2, -0.15) is 0 Å². The van der Waals surface area contributed by atoms with Crippen LogP contribution in [-0.2, 0) is 6.42 Å². The fourth-order valence-corrected chi connectivity index (χ4v) is 2.15. The number of rotatable bonds is 6. The standard InChI is InChI=1S/C11H15ClN2OS/c1-3-4-9-5-10(15)14-11(13-9)16-7-8(2)6-12/h5H,2-4,6-7H2,1H3,(H,13,14,15). The van der Waals surface area contributed by atoms with E-state index in [1.54, 1.807) is 6.07 Å². The molecule has 0 fully saturated rings. The van der Waals surface area contributed by atoms with E-state index in [0.717, 1.165) is 24.1 Å². The zero-order valence-corrected chi connectivity index (χ0v) is 10.8. The summed E-state index contributed by atoms with van der Waals surface area (Å²) in [5, 5.41) is 0.641. The monoisotopic (exact) mass is 258 g/mol. The second-order valence-corrected chi connectivity index (χ2v) is 4.70. The van der Waals surface area contributed by atoms with E-state index in [2.05, 4.69) is 23.5 Å². The Morgan fingerprint density at radius 1 is 1.69 bits per heavy atom. The third kappa shape index (κ3) is 4.41. The molecule has 0 saturated heterocycles. The molecule has 0 aliphatic heterocycles. The van der Waals surface area contributed by atoms with Crippen LogP contribution >= 0.6 is 23.4 Å². The number of hydrogen-bond donors (Lipinski definition) is 1. The molecule has 1 aromatic heterocycles. The molecule has 0 amide bonds. The van der Waals surface area contributed by atoms with Crippen molar-refractivity contribution in [2.45, 2.75) is 24.9 Å². The molecule has 5 heteroatoms. The lowest BCUT2D eigenvalue weighted by Crippen LogP contribution is -2.10. The largest absolute Gasteiger partial charge is 0.301 e. The van der Waals surface area contributed by atoms with Crippen LogP contribution in [0.15, 0.2) is 28.2 Å². The van der Waals surface area contributed by atoms with E-state index in [1.807, 2.05) is 0 Å². The van der Waals surface area contributed by atoms with Crippen molar-refractivity contribution in [3.63, 3.8) is 0 Å². The highest BCUT2D eigenvalue weighted by atomic mass is 35.5. The number of alkyl halides is 1. The third-order valence-electron chi connectivity index (χ3n) is 1.88. The zero-order chi connectivity index (χ0) is 12.0. The van der Waals surface area contributed by atoms with Gasteiger partial charge in [-0.3, -0.25) is 4.79 Å². The molecule has 0 unspecified atom stereocenters. The lowest BCUT2D eigenvalue weighted by atomic mass is 10.2. The Morgan fingerprint density at radius 2 is 2.44 bits per heavy atom. The summed E-state index contributed by atoms with van der Waals surface area (Å²) in [4.78, 5) is 18.4. The average Bonchev–Trinajstić information content (AvgIpc) is 2.25. The summed E-state index contributed by atoms with van der Waals surface area (Å²) in [6.07, 6.45) is 1.81. The topological polar surface area (TPSA) is 45.8 Å². The van der Waals surface area contributed by atoms with Crippen molar-refractivity contribution in [2.75, 3.05) is 11.6 Å². The first-order chi connectivity index (χ1) is 7.65. The highest BCUT2D eigenvalue weighted by Gasteiger charge is 2.02. The van der Waals surface area contributed by atoms with Crippen LogP contribution in [0.25, 0.3) is 0 Å². The van der Waals surface area contributed by atoms with Crippen molar-refractivity contribution in [1.82, 2.24) is 9.97 Å². The third-order valence-corrected chi connectivity index (χ3v) is 3.28. The van der Waals surface area contributed by atoms with Crippen molar-refractivity contribution >= 4 is 23.4 Å². The molecule has 0 saturated carbocycles. The van der Waals surface area contributed by atoms with Gasteiger partial charge in [0.2, 0.25) is 0 Å². The molecular formula is C11H15ClN2OS. The first-order valence-electron chi connectivity index (χ1n) is 5.11. The van der Waals surface area contributed by atoms with Gasteiger partial charge in [0.25, 0.3) is 5.56 Å². The lowest BCUT2D eigenvalue weighted by molar-refractivity contribution is 0.816. The van der Waals surface area contributed by atoms with E-state index < -0.39 is 0 Å². The molecule has 1 aromatic rings. The van der Waals surface area contributed by atoms with Crippen LogP contribution in [-0.4, -0.2) is 21.6 Å². The quantitative estimate of drug-likeness (QED) is 0.369. The number of nitrogens with one attached hydrogen (secondary N) is 1. The molecular weight excluding hydrogens is 244 g/mol. The average molecular weight is 259 g/mol. The van der Waals surface area contributed by atoms with E-state index in [9.17, 15) is 4.79 Å². The number of halogens is 1. The van der Waals surface area contributed by atoms with Crippen molar-refractivity contribution < 1.29 is 0 Å². The number of hydrogen-bond acceptors (Lipinski definition) is 3. The number of thioether (sulfide) groups is 1. The molecule has 0 aliphatic carbocycles. The summed E-state index contributed by atoms with van der Waals surface area (Å²) in [6, 6.07) is 1.55. The Balaban J connectivity index is 2.72. The van der Waals surface area contributed by atoms with Gasteiger partial charge in [0.15, 0.2) is 5.16 Å². The Kier molecular flexibility index (Phi) is 5.63. The fraction of sp³-hybridized carbons (Fsp3) is 0.455. The summed E-state index contributed by atoms with van der Waals surface area (Å²) < 4.78 is 0. The maximum atomic E-state index is 11.3. The van der Waals surface area contributed by atoms with E-state index >= 15 is 0 Å². The van der Waals surface area contributed by atoms with Gasteiger partial charge in [-0.15, -0.1) is 11.6 Å². The first kappa shape index (κ1) is 13.3. The minimum atomic E-state index is -0.0996. The Bertz CT molecular complexity index is 417. The molecule has 0 radical (unpaired) electrons. The number of H-pyrrole nitrogens is 1. The molecule has 88 valence electrons. The van der Waals surface area contributed by atoms with Gasteiger partial charge in [0, 0.05) is 23.4 Å². The van der Waals surface area contributed by atoms with E-state index in [4.69, 9.17) is 11.6 Å². The van der Waals surface area contributed by atoms with E-state index in [1.165, 1.54) is 11.8 Å². The molecule has 0 bridgehead atoms. The van der Waals surface area contributed by atoms with E-state index in [0.29, 0.717) is 16.8 Å². The van der Waals surface area contributed by atoms with Gasteiger partial charge < -0.3 is 4.98 Å². The first-order valence-corrected chi connectivity index (χ1v) is 6.63. The van der Waals surface area contributed by atoms with Crippen LogP contribution in [0.2, 0.25) is 0 Å². The number of aromatic amines is 1. The van der Waals surface area contributed by atoms with Gasteiger partial charge in [0.1, 0.15) is 0 Å². The highest BCUT2D eigenvalue weighted by molar-refractivity contribution is 7.99. The Labute approximate surface area is 104 Å². The maximum absolute atomic E-state index is 11.3. The van der Waals surface area contributed by atoms with Crippen LogP contribution in [0.5, 0.6) is 0 Å². The molecule has 1 rings (SSSR count). The number of aromatic nitrogens is 2. The van der Waals surface area contributed by atoms with Crippen LogP contribution in [0.3, 0.4) is 0 Å². The van der Waals surface area contributed by atoms with Gasteiger partial charge in [-0.05, 0) is 6.42 Å². The SMILES string of the molecule is C=C(CCl)CSc1nc(CCC)cc(=O)[nH]1. The fourth-order valence-electron chi connectivity index (χ4n) is 1.15. The van der Waals surface area contributed by atoms with Crippen LogP contribution in [0.1, 0.15) is 19.0 Å². The van der Waals surface area contributed by atoms with Crippen LogP contribution in [0.4, 0.5) is 0 Å². The van der Waals surface area contributed by atoms with Crippen LogP contribution < -0.4 is 5.56 Å². The summed E-state index contributed by atoms with van der Waals surface area (Å²) >= 11 is 7.08. The smallest absolute Gasteiger partial charge is 0.251 e. The zero-order valence-electron chi connectivity index (χ0n) is 9.25. The molecule has 1 N–H and O–H groups in total. The molecule has 0 aliphatic rings. The van der Waals surface area contributed by atoms with Crippen molar-refractivity contribution in [2.24, 2.45) is 0 Å². The summed E-state index contributed by atoms with van der Waals surface area (Å²) in [5.74, 6) is 1.12. The predicted octanol–water partition coefficient (Wildman–Crippen LogP) is 2.61. The van der Waals surface area contributed by atoms with Crippen molar-refractivity contribution in [3.05, 3.63) is 34.3 Å². The molecule has 16 heavy (non-hydrogen) atoms. The minimum absolute atomic E-state index is 0.0996. The minimum Gasteiger partial charge on any atom is -0.301 e.